The number of aryl methyl sites for hydroxylation is 1. The Hall–Kier alpha value is -2.57. The van der Waals surface area contributed by atoms with E-state index in [9.17, 15) is 9.90 Å². The van der Waals surface area contributed by atoms with E-state index < -0.39 is 6.09 Å². The molecule has 1 N–H and O–H groups in total. The first-order valence-electron chi connectivity index (χ1n) is 9.55. The Bertz CT molecular complexity index is 860. The minimum Gasteiger partial charge on any atom is -0.465 e. The van der Waals surface area contributed by atoms with Crippen LogP contribution in [0, 0.1) is 5.41 Å². The Kier molecular flexibility index (Phi) is 4.32. The zero-order valence-electron chi connectivity index (χ0n) is 16.2. The smallest absolute Gasteiger partial charge is 0.407 e. The highest BCUT2D eigenvalue weighted by Crippen LogP contribution is 2.37. The molecule has 1 unspecified atom stereocenters. The Morgan fingerprint density at radius 3 is 2.74 bits per heavy atom. The molecule has 144 valence electrons. The molecule has 0 bridgehead atoms. The van der Waals surface area contributed by atoms with Gasteiger partial charge in [0, 0.05) is 57.1 Å². The quantitative estimate of drug-likeness (QED) is 0.899. The van der Waals surface area contributed by atoms with Crippen LogP contribution in [0.1, 0.15) is 38.2 Å². The molecule has 2 aromatic rings. The maximum Gasteiger partial charge on any atom is 0.407 e. The van der Waals surface area contributed by atoms with Crippen LogP contribution in [-0.2, 0) is 7.05 Å². The van der Waals surface area contributed by atoms with E-state index in [-0.39, 0.29) is 5.92 Å². The molecule has 2 aliphatic heterocycles. The summed E-state index contributed by atoms with van der Waals surface area (Å²) in [5.74, 6) is 1.15. The molecule has 4 rings (SSSR count). The van der Waals surface area contributed by atoms with Gasteiger partial charge in [-0.1, -0.05) is 13.8 Å². The molecule has 7 nitrogen and oxygen atoms in total. The zero-order valence-corrected chi connectivity index (χ0v) is 16.2. The highest BCUT2D eigenvalue weighted by molar-refractivity contribution is 5.69. The fraction of sp³-hybridized carbons (Fsp3) is 0.550. The molecule has 0 saturated carbocycles. The maximum atomic E-state index is 11.3. The van der Waals surface area contributed by atoms with Gasteiger partial charge in [0.25, 0.3) is 0 Å². The average molecular weight is 369 g/mol. The van der Waals surface area contributed by atoms with Gasteiger partial charge in [0.05, 0.1) is 5.69 Å². The van der Waals surface area contributed by atoms with Crippen molar-refractivity contribution in [3.63, 3.8) is 0 Å². The van der Waals surface area contributed by atoms with Gasteiger partial charge in [-0.05, 0) is 36.0 Å². The van der Waals surface area contributed by atoms with Crippen LogP contribution < -0.4 is 4.90 Å². The molecule has 0 radical (unpaired) electrons. The van der Waals surface area contributed by atoms with Crippen molar-refractivity contribution in [3.8, 4) is 11.3 Å². The largest absolute Gasteiger partial charge is 0.465 e. The zero-order chi connectivity index (χ0) is 19.2. The molecule has 1 atom stereocenters. The number of carbonyl (C=O) groups is 1. The first-order valence-corrected chi connectivity index (χ1v) is 9.55. The number of hydrogen-bond acceptors (Lipinski definition) is 4. The van der Waals surface area contributed by atoms with Crippen LogP contribution in [0.2, 0.25) is 0 Å². The SMILES string of the molecule is Cn1ccc(-c2cc(N3CCC(C)(C)C3)ncc2C2CCN(C(=O)O)C2)n1. The second kappa shape index (κ2) is 6.55. The van der Waals surface area contributed by atoms with Crippen molar-refractivity contribution in [2.75, 3.05) is 31.1 Å². The van der Waals surface area contributed by atoms with E-state index in [2.05, 4.69) is 29.9 Å². The van der Waals surface area contributed by atoms with E-state index in [0.29, 0.717) is 18.5 Å². The summed E-state index contributed by atoms with van der Waals surface area (Å²) in [7, 11) is 1.91. The van der Waals surface area contributed by atoms with E-state index in [1.54, 1.807) is 4.68 Å². The molecule has 2 aliphatic rings. The minimum atomic E-state index is -0.847. The maximum absolute atomic E-state index is 11.3. The van der Waals surface area contributed by atoms with Gasteiger partial charge in [-0.25, -0.2) is 9.78 Å². The summed E-state index contributed by atoms with van der Waals surface area (Å²) in [6, 6.07) is 4.16. The summed E-state index contributed by atoms with van der Waals surface area (Å²) in [5, 5.41) is 13.9. The Morgan fingerprint density at radius 2 is 2.15 bits per heavy atom. The van der Waals surface area contributed by atoms with Crippen molar-refractivity contribution in [1.82, 2.24) is 19.7 Å². The standard InChI is InChI=1S/C20H27N5O2/c1-20(2)6-9-25(13-20)18-10-15(17-5-7-23(3)22-17)16(11-21-18)14-4-8-24(12-14)19(26)27/h5,7,10-11,14H,4,6,8-9,12-13H2,1-3H3,(H,26,27). The number of anilines is 1. The number of hydrogen-bond donors (Lipinski definition) is 1. The highest BCUT2D eigenvalue weighted by atomic mass is 16.4. The monoisotopic (exact) mass is 369 g/mol. The van der Waals surface area contributed by atoms with E-state index >= 15 is 0 Å². The van der Waals surface area contributed by atoms with Crippen LogP contribution >= 0.6 is 0 Å². The fourth-order valence-corrected chi connectivity index (χ4v) is 4.23. The molecule has 2 saturated heterocycles. The predicted molar refractivity (Wildman–Crippen MR) is 104 cm³/mol. The summed E-state index contributed by atoms with van der Waals surface area (Å²) in [4.78, 5) is 19.9. The molecule has 0 aromatic carbocycles. The normalized spacial score (nSPS) is 21.8. The second-order valence-corrected chi connectivity index (χ2v) is 8.55. The summed E-state index contributed by atoms with van der Waals surface area (Å²) < 4.78 is 1.80. The predicted octanol–water partition coefficient (Wildman–Crippen LogP) is 3.19. The number of carboxylic acid groups (broad SMARTS) is 1. The van der Waals surface area contributed by atoms with Crippen molar-refractivity contribution < 1.29 is 9.90 Å². The van der Waals surface area contributed by atoms with Gasteiger partial charge >= 0.3 is 6.09 Å². The van der Waals surface area contributed by atoms with Gasteiger partial charge < -0.3 is 14.9 Å². The lowest BCUT2D eigenvalue weighted by atomic mass is 9.93. The van der Waals surface area contributed by atoms with Crippen LogP contribution in [-0.4, -0.2) is 57.0 Å². The number of nitrogens with zero attached hydrogens (tertiary/aromatic N) is 5. The summed E-state index contributed by atoms with van der Waals surface area (Å²) in [6.07, 6.45) is 5.02. The summed E-state index contributed by atoms with van der Waals surface area (Å²) >= 11 is 0. The van der Waals surface area contributed by atoms with Gasteiger partial charge in [0.1, 0.15) is 5.82 Å². The average Bonchev–Trinajstić information content (AvgIpc) is 3.34. The molecule has 2 aromatic heterocycles. The van der Waals surface area contributed by atoms with Crippen LogP contribution in [0.4, 0.5) is 10.6 Å². The van der Waals surface area contributed by atoms with Crippen molar-refractivity contribution in [2.24, 2.45) is 12.5 Å². The van der Waals surface area contributed by atoms with E-state index in [1.807, 2.05) is 25.5 Å². The molecule has 1 amide bonds. The van der Waals surface area contributed by atoms with Crippen molar-refractivity contribution in [3.05, 3.63) is 30.1 Å². The third-order valence-corrected chi connectivity index (χ3v) is 5.81. The van der Waals surface area contributed by atoms with Gasteiger partial charge in [-0.15, -0.1) is 0 Å². The van der Waals surface area contributed by atoms with E-state index in [0.717, 1.165) is 48.6 Å². The molecular weight excluding hydrogens is 342 g/mol. The van der Waals surface area contributed by atoms with Crippen molar-refractivity contribution in [2.45, 2.75) is 32.6 Å². The lowest BCUT2D eigenvalue weighted by Gasteiger charge is -2.23. The molecule has 0 aliphatic carbocycles. The third-order valence-electron chi connectivity index (χ3n) is 5.81. The molecule has 0 spiro atoms. The molecule has 4 heterocycles. The highest BCUT2D eigenvalue weighted by Gasteiger charge is 2.32. The van der Waals surface area contributed by atoms with Crippen LogP contribution in [0.5, 0.6) is 0 Å². The Morgan fingerprint density at radius 1 is 1.33 bits per heavy atom. The number of rotatable bonds is 3. The van der Waals surface area contributed by atoms with Gasteiger partial charge in [-0.2, -0.15) is 5.10 Å². The summed E-state index contributed by atoms with van der Waals surface area (Å²) in [5.41, 5.74) is 3.39. The third kappa shape index (κ3) is 3.50. The second-order valence-electron chi connectivity index (χ2n) is 8.55. The molecular formula is C20H27N5O2. The fourth-order valence-electron chi connectivity index (χ4n) is 4.23. The first kappa shape index (κ1) is 17.8. The number of pyridine rings is 1. The lowest BCUT2D eigenvalue weighted by molar-refractivity contribution is 0.155. The Labute approximate surface area is 159 Å². The molecule has 27 heavy (non-hydrogen) atoms. The number of likely N-dealkylation sites (tertiary alicyclic amines) is 1. The van der Waals surface area contributed by atoms with Crippen molar-refractivity contribution >= 4 is 11.9 Å². The first-order chi connectivity index (χ1) is 12.8. The topological polar surface area (TPSA) is 74.5 Å². The molecule has 7 heteroatoms. The van der Waals surface area contributed by atoms with E-state index in [1.165, 1.54) is 4.90 Å². The van der Waals surface area contributed by atoms with Gasteiger partial charge in [0.2, 0.25) is 0 Å². The Balaban J connectivity index is 1.70. The number of amides is 1. The molecule has 2 fully saturated rings. The van der Waals surface area contributed by atoms with Crippen LogP contribution in [0.3, 0.4) is 0 Å². The van der Waals surface area contributed by atoms with Crippen LogP contribution in [0.25, 0.3) is 11.3 Å². The summed E-state index contributed by atoms with van der Waals surface area (Å²) in [6.45, 7) is 7.69. The van der Waals surface area contributed by atoms with Crippen molar-refractivity contribution in [1.29, 1.82) is 0 Å². The number of aromatic nitrogens is 3. The lowest BCUT2D eigenvalue weighted by Crippen LogP contribution is -2.26. The minimum absolute atomic E-state index is 0.162. The van der Waals surface area contributed by atoms with Crippen LogP contribution in [0.15, 0.2) is 24.5 Å². The van der Waals surface area contributed by atoms with Gasteiger partial charge in [-0.3, -0.25) is 4.68 Å². The van der Waals surface area contributed by atoms with Gasteiger partial charge in [0.15, 0.2) is 0 Å². The van der Waals surface area contributed by atoms with E-state index in [4.69, 9.17) is 4.98 Å².